The van der Waals surface area contributed by atoms with Gasteiger partial charge in [0, 0.05) is 38.9 Å². The lowest BCUT2D eigenvalue weighted by atomic mass is 9.99. The number of aryl methyl sites for hydroxylation is 2. The summed E-state index contributed by atoms with van der Waals surface area (Å²) >= 11 is 0. The van der Waals surface area contributed by atoms with Gasteiger partial charge in [-0.15, -0.1) is 0 Å². The van der Waals surface area contributed by atoms with Crippen LogP contribution in [0, 0.1) is 0 Å². The van der Waals surface area contributed by atoms with Crippen LogP contribution in [0.25, 0.3) is 0 Å². The standard InChI is InChI=1S/C14H27N3O2/c1-5-12-9-13(17(6-2)16-12)10-14(3,18)11-15-7-8-19-4/h9,15,18H,5-8,10-11H2,1-4H3. The highest BCUT2D eigenvalue weighted by Gasteiger charge is 2.23. The Hall–Kier alpha value is -0.910. The van der Waals surface area contributed by atoms with E-state index in [1.54, 1.807) is 7.11 Å². The molecule has 1 atom stereocenters. The fourth-order valence-electron chi connectivity index (χ4n) is 2.09. The van der Waals surface area contributed by atoms with Crippen LogP contribution in [0.15, 0.2) is 6.07 Å². The Labute approximate surface area is 116 Å². The first-order valence-corrected chi connectivity index (χ1v) is 7.00. The summed E-state index contributed by atoms with van der Waals surface area (Å²) in [6.07, 6.45) is 1.53. The van der Waals surface area contributed by atoms with Crippen LogP contribution in [0.3, 0.4) is 0 Å². The van der Waals surface area contributed by atoms with Crippen molar-refractivity contribution in [3.05, 3.63) is 17.5 Å². The van der Waals surface area contributed by atoms with Crippen molar-refractivity contribution in [2.75, 3.05) is 26.8 Å². The first kappa shape index (κ1) is 16.1. The van der Waals surface area contributed by atoms with Crippen molar-refractivity contribution in [3.63, 3.8) is 0 Å². The topological polar surface area (TPSA) is 59.3 Å². The summed E-state index contributed by atoms with van der Waals surface area (Å²) in [5.74, 6) is 0. The lowest BCUT2D eigenvalue weighted by Gasteiger charge is -2.24. The monoisotopic (exact) mass is 269 g/mol. The molecule has 1 aromatic heterocycles. The van der Waals surface area contributed by atoms with E-state index in [-0.39, 0.29) is 0 Å². The van der Waals surface area contributed by atoms with Gasteiger partial charge in [0.2, 0.25) is 0 Å². The molecular weight excluding hydrogens is 242 g/mol. The molecule has 1 unspecified atom stereocenters. The van der Waals surface area contributed by atoms with E-state index < -0.39 is 5.60 Å². The third-order valence-corrected chi connectivity index (χ3v) is 3.13. The maximum absolute atomic E-state index is 10.4. The molecule has 5 heteroatoms. The summed E-state index contributed by atoms with van der Waals surface area (Å²) in [5, 5.41) is 18.1. The summed E-state index contributed by atoms with van der Waals surface area (Å²) < 4.78 is 6.95. The van der Waals surface area contributed by atoms with E-state index in [1.165, 1.54) is 0 Å². The van der Waals surface area contributed by atoms with Gasteiger partial charge in [0.15, 0.2) is 0 Å². The van der Waals surface area contributed by atoms with Gasteiger partial charge in [0.25, 0.3) is 0 Å². The summed E-state index contributed by atoms with van der Waals surface area (Å²) in [5.41, 5.74) is 1.41. The number of aliphatic hydroxyl groups is 1. The number of aromatic nitrogens is 2. The predicted molar refractivity (Wildman–Crippen MR) is 76.4 cm³/mol. The molecule has 0 radical (unpaired) electrons. The SMILES string of the molecule is CCc1cc(CC(C)(O)CNCCOC)n(CC)n1. The van der Waals surface area contributed by atoms with Crippen molar-refractivity contribution in [1.29, 1.82) is 0 Å². The van der Waals surface area contributed by atoms with Crippen LogP contribution in [-0.4, -0.2) is 47.3 Å². The molecular formula is C14H27N3O2. The van der Waals surface area contributed by atoms with Crippen LogP contribution in [0.4, 0.5) is 0 Å². The van der Waals surface area contributed by atoms with Gasteiger partial charge in [-0.3, -0.25) is 4.68 Å². The van der Waals surface area contributed by atoms with Gasteiger partial charge in [-0.25, -0.2) is 0 Å². The molecule has 0 spiro atoms. The van der Waals surface area contributed by atoms with E-state index >= 15 is 0 Å². The molecule has 0 saturated carbocycles. The van der Waals surface area contributed by atoms with E-state index in [0.717, 1.165) is 30.9 Å². The highest BCUT2D eigenvalue weighted by molar-refractivity contribution is 5.13. The second-order valence-corrected chi connectivity index (χ2v) is 5.14. The number of nitrogens with one attached hydrogen (secondary N) is 1. The molecule has 19 heavy (non-hydrogen) atoms. The van der Waals surface area contributed by atoms with Crippen molar-refractivity contribution in [2.45, 2.75) is 45.8 Å². The summed E-state index contributed by atoms with van der Waals surface area (Å²) in [6, 6.07) is 2.09. The minimum atomic E-state index is -0.772. The molecule has 1 heterocycles. The van der Waals surface area contributed by atoms with Crippen molar-refractivity contribution >= 4 is 0 Å². The molecule has 0 fully saturated rings. The van der Waals surface area contributed by atoms with E-state index in [4.69, 9.17) is 4.74 Å². The van der Waals surface area contributed by atoms with Gasteiger partial charge in [0.05, 0.1) is 17.9 Å². The van der Waals surface area contributed by atoms with Crippen LogP contribution < -0.4 is 5.32 Å². The molecule has 0 bridgehead atoms. The predicted octanol–water partition coefficient (Wildman–Crippen LogP) is 0.995. The first-order chi connectivity index (χ1) is 9.02. The third kappa shape index (κ3) is 5.30. The molecule has 0 aromatic carbocycles. The smallest absolute Gasteiger partial charge is 0.0798 e. The second kappa shape index (κ2) is 7.62. The number of nitrogens with zero attached hydrogens (tertiary/aromatic N) is 2. The van der Waals surface area contributed by atoms with Crippen molar-refractivity contribution in [2.24, 2.45) is 0 Å². The third-order valence-electron chi connectivity index (χ3n) is 3.13. The maximum Gasteiger partial charge on any atom is 0.0798 e. The highest BCUT2D eigenvalue weighted by atomic mass is 16.5. The quantitative estimate of drug-likeness (QED) is 0.657. The fourth-order valence-corrected chi connectivity index (χ4v) is 2.09. The Morgan fingerprint density at radius 1 is 1.47 bits per heavy atom. The highest BCUT2D eigenvalue weighted by Crippen LogP contribution is 2.14. The molecule has 5 nitrogen and oxygen atoms in total. The number of methoxy groups -OCH3 is 1. The fraction of sp³-hybridized carbons (Fsp3) is 0.786. The van der Waals surface area contributed by atoms with Gasteiger partial charge in [-0.05, 0) is 26.3 Å². The van der Waals surface area contributed by atoms with Crippen molar-refractivity contribution in [1.82, 2.24) is 15.1 Å². The zero-order valence-corrected chi connectivity index (χ0v) is 12.6. The minimum Gasteiger partial charge on any atom is -0.388 e. The second-order valence-electron chi connectivity index (χ2n) is 5.14. The average molecular weight is 269 g/mol. The molecule has 0 aliphatic rings. The van der Waals surface area contributed by atoms with Crippen molar-refractivity contribution < 1.29 is 9.84 Å². The normalized spacial score (nSPS) is 14.6. The number of hydrogen-bond acceptors (Lipinski definition) is 4. The number of ether oxygens (including phenoxy) is 1. The Kier molecular flexibility index (Phi) is 6.48. The Morgan fingerprint density at radius 3 is 2.79 bits per heavy atom. The largest absolute Gasteiger partial charge is 0.388 e. The molecule has 1 rings (SSSR count). The molecule has 0 amide bonds. The lowest BCUT2D eigenvalue weighted by molar-refractivity contribution is 0.0561. The van der Waals surface area contributed by atoms with Gasteiger partial charge in [0.1, 0.15) is 0 Å². The van der Waals surface area contributed by atoms with Gasteiger partial charge in [-0.1, -0.05) is 6.92 Å². The molecule has 1 aromatic rings. The van der Waals surface area contributed by atoms with Gasteiger partial charge in [-0.2, -0.15) is 5.10 Å². The lowest BCUT2D eigenvalue weighted by Crippen LogP contribution is -2.41. The van der Waals surface area contributed by atoms with Crippen molar-refractivity contribution in [3.8, 4) is 0 Å². The Morgan fingerprint density at radius 2 is 2.21 bits per heavy atom. The molecule has 0 aliphatic heterocycles. The molecule has 0 saturated heterocycles. The van der Waals surface area contributed by atoms with E-state index in [9.17, 15) is 5.11 Å². The van der Waals surface area contributed by atoms with Crippen LogP contribution in [0.1, 0.15) is 32.2 Å². The first-order valence-electron chi connectivity index (χ1n) is 7.00. The zero-order chi connectivity index (χ0) is 14.3. The molecule has 0 aliphatic carbocycles. The summed E-state index contributed by atoms with van der Waals surface area (Å²) in [6.45, 7) is 8.81. The molecule has 2 N–H and O–H groups in total. The van der Waals surface area contributed by atoms with Crippen LogP contribution in [0.5, 0.6) is 0 Å². The maximum atomic E-state index is 10.4. The van der Waals surface area contributed by atoms with Crippen LogP contribution in [0.2, 0.25) is 0 Å². The van der Waals surface area contributed by atoms with E-state index in [0.29, 0.717) is 19.6 Å². The summed E-state index contributed by atoms with van der Waals surface area (Å²) in [4.78, 5) is 0. The van der Waals surface area contributed by atoms with E-state index in [1.807, 2.05) is 11.6 Å². The Balaban J connectivity index is 2.58. The zero-order valence-electron chi connectivity index (χ0n) is 12.6. The summed E-state index contributed by atoms with van der Waals surface area (Å²) in [7, 11) is 1.67. The van der Waals surface area contributed by atoms with Gasteiger partial charge < -0.3 is 15.2 Å². The average Bonchev–Trinajstić information content (AvgIpc) is 2.76. The minimum absolute atomic E-state index is 0.548. The van der Waals surface area contributed by atoms with Gasteiger partial charge >= 0.3 is 0 Å². The van der Waals surface area contributed by atoms with Crippen LogP contribution >= 0.6 is 0 Å². The number of hydrogen-bond donors (Lipinski definition) is 2. The van der Waals surface area contributed by atoms with Crippen LogP contribution in [-0.2, 0) is 24.1 Å². The Bertz CT molecular complexity index is 375. The van der Waals surface area contributed by atoms with E-state index in [2.05, 4.69) is 30.3 Å². The molecule has 110 valence electrons. The number of rotatable bonds is 9.